The molecular formula is C20H21ClN2O3. The van der Waals surface area contributed by atoms with Gasteiger partial charge in [-0.2, -0.15) is 0 Å². The number of hydrogen-bond donors (Lipinski definition) is 1. The van der Waals surface area contributed by atoms with Gasteiger partial charge in [0.1, 0.15) is 12.4 Å². The van der Waals surface area contributed by atoms with Crippen LogP contribution in [0.25, 0.3) is 0 Å². The van der Waals surface area contributed by atoms with Gasteiger partial charge in [0, 0.05) is 23.7 Å². The first-order valence-electron chi connectivity index (χ1n) is 8.66. The van der Waals surface area contributed by atoms with Crippen molar-refractivity contribution in [3.8, 4) is 5.75 Å². The molecule has 5 nitrogen and oxygen atoms in total. The number of carbonyl (C=O) groups is 2. The topological polar surface area (TPSA) is 58.6 Å². The molecule has 0 aromatic heterocycles. The Hall–Kier alpha value is -2.53. The first-order chi connectivity index (χ1) is 12.6. The zero-order valence-corrected chi connectivity index (χ0v) is 15.2. The number of rotatable bonds is 7. The van der Waals surface area contributed by atoms with Gasteiger partial charge in [-0.05, 0) is 48.4 Å². The van der Waals surface area contributed by atoms with Crippen LogP contribution in [-0.2, 0) is 16.0 Å². The molecule has 1 aliphatic heterocycles. The van der Waals surface area contributed by atoms with E-state index in [-0.39, 0.29) is 11.8 Å². The quantitative estimate of drug-likeness (QED) is 0.759. The maximum atomic E-state index is 12.0. The van der Waals surface area contributed by atoms with E-state index in [1.54, 1.807) is 29.2 Å². The van der Waals surface area contributed by atoms with Gasteiger partial charge in [0.25, 0.3) is 0 Å². The summed E-state index contributed by atoms with van der Waals surface area (Å²) in [6.07, 6.45) is 1.82. The molecule has 6 heteroatoms. The van der Waals surface area contributed by atoms with E-state index >= 15 is 0 Å². The van der Waals surface area contributed by atoms with Crippen molar-refractivity contribution in [3.05, 3.63) is 59.1 Å². The monoisotopic (exact) mass is 372 g/mol. The van der Waals surface area contributed by atoms with Gasteiger partial charge in [-0.15, -0.1) is 0 Å². The molecule has 1 aliphatic rings. The molecule has 26 heavy (non-hydrogen) atoms. The standard InChI is InChI=1S/C20H21ClN2O3/c21-16-5-9-18(10-6-16)26-13-11-22-19(24)14-15-3-7-17(8-4-15)23-12-1-2-20(23)25/h3-10H,1-2,11-14H2,(H,22,24). The molecule has 1 fully saturated rings. The molecule has 0 aliphatic carbocycles. The van der Waals surface area contributed by atoms with E-state index in [1.807, 2.05) is 24.3 Å². The maximum absolute atomic E-state index is 12.0. The molecule has 0 atom stereocenters. The first kappa shape index (κ1) is 18.3. The van der Waals surface area contributed by atoms with Crippen LogP contribution in [0.15, 0.2) is 48.5 Å². The third kappa shape index (κ3) is 4.99. The minimum Gasteiger partial charge on any atom is -0.492 e. The minimum atomic E-state index is -0.0605. The van der Waals surface area contributed by atoms with Crippen molar-refractivity contribution < 1.29 is 14.3 Å². The highest BCUT2D eigenvalue weighted by Crippen LogP contribution is 2.21. The van der Waals surface area contributed by atoms with Crippen LogP contribution in [0.4, 0.5) is 5.69 Å². The summed E-state index contributed by atoms with van der Waals surface area (Å²) >= 11 is 5.81. The minimum absolute atomic E-state index is 0.0605. The molecule has 0 unspecified atom stereocenters. The van der Waals surface area contributed by atoms with Gasteiger partial charge in [0.15, 0.2) is 0 Å². The molecule has 1 N–H and O–H groups in total. The predicted molar refractivity (Wildman–Crippen MR) is 102 cm³/mol. The fourth-order valence-corrected chi connectivity index (χ4v) is 2.98. The third-order valence-corrected chi connectivity index (χ3v) is 4.44. The van der Waals surface area contributed by atoms with Crippen molar-refractivity contribution in [2.75, 3.05) is 24.6 Å². The summed E-state index contributed by atoms with van der Waals surface area (Å²) in [7, 11) is 0. The predicted octanol–water partition coefficient (Wildman–Crippen LogP) is 3.20. The molecule has 1 saturated heterocycles. The van der Waals surface area contributed by atoms with Crippen molar-refractivity contribution >= 4 is 29.1 Å². The number of anilines is 1. The van der Waals surface area contributed by atoms with Crippen LogP contribution in [-0.4, -0.2) is 31.5 Å². The zero-order valence-electron chi connectivity index (χ0n) is 14.4. The van der Waals surface area contributed by atoms with Crippen molar-refractivity contribution in [2.24, 2.45) is 0 Å². The summed E-state index contributed by atoms with van der Waals surface area (Å²) < 4.78 is 5.53. The second-order valence-corrected chi connectivity index (χ2v) is 6.58. The number of halogens is 1. The molecule has 0 spiro atoms. The van der Waals surface area contributed by atoms with Crippen molar-refractivity contribution in [1.82, 2.24) is 5.32 Å². The number of benzene rings is 2. The number of nitrogens with one attached hydrogen (secondary N) is 1. The highest BCUT2D eigenvalue weighted by molar-refractivity contribution is 6.30. The van der Waals surface area contributed by atoms with Crippen molar-refractivity contribution in [1.29, 1.82) is 0 Å². The number of nitrogens with zero attached hydrogens (tertiary/aromatic N) is 1. The molecular weight excluding hydrogens is 352 g/mol. The van der Waals surface area contributed by atoms with Gasteiger partial charge in [0.2, 0.25) is 11.8 Å². The average molecular weight is 373 g/mol. The molecule has 2 aromatic rings. The summed E-state index contributed by atoms with van der Waals surface area (Å²) in [4.78, 5) is 25.5. The summed E-state index contributed by atoms with van der Waals surface area (Å²) in [5.74, 6) is 0.821. The summed E-state index contributed by atoms with van der Waals surface area (Å²) in [6, 6.07) is 14.7. The summed E-state index contributed by atoms with van der Waals surface area (Å²) in [5.41, 5.74) is 1.81. The SMILES string of the molecule is O=C(Cc1ccc(N2CCCC2=O)cc1)NCCOc1ccc(Cl)cc1. The zero-order chi connectivity index (χ0) is 18.4. The Kier molecular flexibility index (Phi) is 6.12. The van der Waals surface area contributed by atoms with Gasteiger partial charge in [-0.1, -0.05) is 23.7 Å². The van der Waals surface area contributed by atoms with Crippen LogP contribution in [0.5, 0.6) is 5.75 Å². The molecule has 136 valence electrons. The Balaban J connectivity index is 1.40. The van der Waals surface area contributed by atoms with Crippen molar-refractivity contribution in [3.63, 3.8) is 0 Å². The smallest absolute Gasteiger partial charge is 0.227 e. The fourth-order valence-electron chi connectivity index (χ4n) is 2.85. The third-order valence-electron chi connectivity index (χ3n) is 4.19. The molecule has 3 rings (SSSR count). The van der Waals surface area contributed by atoms with Crippen molar-refractivity contribution in [2.45, 2.75) is 19.3 Å². The lowest BCUT2D eigenvalue weighted by molar-refractivity contribution is -0.120. The van der Waals surface area contributed by atoms with Gasteiger partial charge in [0.05, 0.1) is 13.0 Å². The van der Waals surface area contributed by atoms with E-state index in [2.05, 4.69) is 5.32 Å². The Bertz CT molecular complexity index is 760. The normalized spacial score (nSPS) is 13.7. The Morgan fingerprint density at radius 3 is 2.50 bits per heavy atom. The maximum Gasteiger partial charge on any atom is 0.227 e. The fraction of sp³-hybridized carbons (Fsp3) is 0.300. The van der Waals surface area contributed by atoms with E-state index in [4.69, 9.17) is 16.3 Å². The second kappa shape index (κ2) is 8.72. The largest absolute Gasteiger partial charge is 0.492 e. The van der Waals surface area contributed by atoms with E-state index in [9.17, 15) is 9.59 Å². The molecule has 0 bridgehead atoms. The highest BCUT2D eigenvalue weighted by atomic mass is 35.5. The van der Waals surface area contributed by atoms with Crippen LogP contribution >= 0.6 is 11.6 Å². The lowest BCUT2D eigenvalue weighted by atomic mass is 10.1. The molecule has 1 heterocycles. The first-order valence-corrected chi connectivity index (χ1v) is 9.04. The van der Waals surface area contributed by atoms with Gasteiger partial charge < -0.3 is 15.0 Å². The highest BCUT2D eigenvalue weighted by Gasteiger charge is 2.21. The van der Waals surface area contributed by atoms with Crippen LogP contribution in [0.2, 0.25) is 5.02 Å². The number of ether oxygens (including phenoxy) is 1. The number of amides is 2. The van der Waals surface area contributed by atoms with Gasteiger partial charge >= 0.3 is 0 Å². The molecule has 0 radical (unpaired) electrons. The number of carbonyl (C=O) groups excluding carboxylic acids is 2. The lowest BCUT2D eigenvalue weighted by Crippen LogP contribution is -2.29. The van der Waals surface area contributed by atoms with E-state index in [0.717, 1.165) is 30.0 Å². The second-order valence-electron chi connectivity index (χ2n) is 6.14. The Morgan fingerprint density at radius 2 is 1.85 bits per heavy atom. The van der Waals surface area contributed by atoms with Gasteiger partial charge in [-0.25, -0.2) is 0 Å². The lowest BCUT2D eigenvalue weighted by Gasteiger charge is -2.15. The average Bonchev–Trinajstić information content (AvgIpc) is 3.07. The van der Waals surface area contributed by atoms with Crippen LogP contribution < -0.4 is 15.0 Å². The Labute approximate surface area is 157 Å². The van der Waals surface area contributed by atoms with E-state index < -0.39 is 0 Å². The number of hydrogen-bond acceptors (Lipinski definition) is 3. The van der Waals surface area contributed by atoms with E-state index in [0.29, 0.717) is 31.0 Å². The van der Waals surface area contributed by atoms with Gasteiger partial charge in [-0.3, -0.25) is 9.59 Å². The molecule has 2 aromatic carbocycles. The van der Waals surface area contributed by atoms with E-state index in [1.165, 1.54) is 0 Å². The molecule has 2 amide bonds. The molecule has 0 saturated carbocycles. The van der Waals surface area contributed by atoms with Crippen LogP contribution in [0.1, 0.15) is 18.4 Å². The Morgan fingerprint density at radius 1 is 1.12 bits per heavy atom. The van der Waals surface area contributed by atoms with Crippen LogP contribution in [0, 0.1) is 0 Å². The van der Waals surface area contributed by atoms with Crippen LogP contribution in [0.3, 0.4) is 0 Å². The summed E-state index contributed by atoms with van der Waals surface area (Å²) in [5, 5.41) is 3.49. The summed E-state index contributed by atoms with van der Waals surface area (Å²) in [6.45, 7) is 1.59.